The first-order valence-electron chi connectivity index (χ1n) is 6.68. The molecule has 0 radical (unpaired) electrons. The van der Waals surface area contributed by atoms with E-state index in [1.807, 2.05) is 0 Å². The quantitative estimate of drug-likeness (QED) is 0.667. The van der Waals surface area contributed by atoms with Crippen LogP contribution in [0.1, 0.15) is 63.8 Å². The molecule has 102 valence electrons. The third-order valence-corrected chi connectivity index (χ3v) is 4.20. The van der Waals surface area contributed by atoms with Crippen LogP contribution in [0, 0.1) is 0 Å². The Kier molecular flexibility index (Phi) is 5.02. The van der Waals surface area contributed by atoms with Crippen LogP contribution in [0.25, 0.3) is 0 Å². The molecule has 0 N–H and O–H groups in total. The maximum atomic E-state index is 2.88. The summed E-state index contributed by atoms with van der Waals surface area (Å²) in [5.74, 6) is 0. The minimum atomic E-state index is 0.199. The average Bonchev–Trinajstić information content (AvgIpc) is 2.24. The lowest BCUT2D eigenvalue weighted by Gasteiger charge is -2.34. The summed E-state index contributed by atoms with van der Waals surface area (Å²) in [6.07, 6.45) is 2.07. The maximum Gasteiger partial charge on any atom is -0.0125 e. The van der Waals surface area contributed by atoms with Gasteiger partial charge in [-0.2, -0.15) is 0 Å². The van der Waals surface area contributed by atoms with Gasteiger partial charge in [-0.05, 0) is 45.4 Å². The fraction of sp³-hybridized carbons (Fsp3) is 0.625. The molecule has 0 fully saturated rings. The average molecular weight is 282 g/mol. The molecular formula is C16H28P2. The Hall–Kier alpha value is 0.0800. The van der Waals surface area contributed by atoms with Crippen molar-refractivity contribution >= 4 is 18.5 Å². The molecular weight excluding hydrogens is 254 g/mol. The SMILES string of the molecule is CC(C)(C)c1c(CP)ccc(CP)c1C(C)(C)C. The van der Waals surface area contributed by atoms with Crippen LogP contribution in [0.15, 0.2) is 12.1 Å². The molecule has 1 aromatic carbocycles. The highest BCUT2D eigenvalue weighted by Crippen LogP contribution is 2.39. The first-order chi connectivity index (χ1) is 8.12. The van der Waals surface area contributed by atoms with E-state index < -0.39 is 0 Å². The van der Waals surface area contributed by atoms with Gasteiger partial charge in [-0.3, -0.25) is 0 Å². The summed E-state index contributed by atoms with van der Waals surface area (Å²) in [6.45, 7) is 14.0. The van der Waals surface area contributed by atoms with Gasteiger partial charge < -0.3 is 0 Å². The lowest BCUT2D eigenvalue weighted by atomic mass is 9.71. The number of rotatable bonds is 2. The first-order valence-corrected chi connectivity index (χ1v) is 8.32. The number of benzene rings is 1. The molecule has 0 saturated heterocycles. The van der Waals surface area contributed by atoms with Gasteiger partial charge in [0.25, 0.3) is 0 Å². The molecule has 0 heterocycles. The van der Waals surface area contributed by atoms with Crippen molar-refractivity contribution in [2.45, 2.75) is 64.7 Å². The van der Waals surface area contributed by atoms with Crippen molar-refractivity contribution in [1.82, 2.24) is 0 Å². The molecule has 2 atom stereocenters. The second-order valence-electron chi connectivity index (χ2n) is 7.04. The fourth-order valence-electron chi connectivity index (χ4n) is 2.74. The van der Waals surface area contributed by atoms with E-state index in [9.17, 15) is 0 Å². The van der Waals surface area contributed by atoms with Crippen LogP contribution in [-0.2, 0) is 23.2 Å². The Bertz CT molecular complexity index is 379. The standard InChI is InChI=1S/C16H28P2/c1-15(2,3)13-11(9-17)7-8-12(10-18)14(13)16(4,5)6/h7-8H,9-10,17-18H2,1-6H3. The Morgan fingerprint density at radius 3 is 1.17 bits per heavy atom. The van der Waals surface area contributed by atoms with Gasteiger partial charge in [0, 0.05) is 0 Å². The Morgan fingerprint density at radius 1 is 0.722 bits per heavy atom. The second kappa shape index (κ2) is 5.60. The molecule has 0 spiro atoms. The predicted molar refractivity (Wildman–Crippen MR) is 90.7 cm³/mol. The van der Waals surface area contributed by atoms with Crippen molar-refractivity contribution in [2.75, 3.05) is 0 Å². The minimum Gasteiger partial charge on any atom is -0.133 e. The highest BCUT2D eigenvalue weighted by Gasteiger charge is 2.29. The van der Waals surface area contributed by atoms with E-state index in [1.165, 1.54) is 11.1 Å². The molecule has 0 aliphatic heterocycles. The van der Waals surface area contributed by atoms with Crippen LogP contribution in [0.5, 0.6) is 0 Å². The summed E-state index contributed by atoms with van der Waals surface area (Å²) < 4.78 is 0. The largest absolute Gasteiger partial charge is 0.133 e. The van der Waals surface area contributed by atoms with Crippen molar-refractivity contribution < 1.29 is 0 Å². The first kappa shape index (κ1) is 16.1. The van der Waals surface area contributed by atoms with Gasteiger partial charge in [0.2, 0.25) is 0 Å². The molecule has 2 heteroatoms. The summed E-state index contributed by atoms with van der Waals surface area (Å²) in [5, 5.41) is 0. The Morgan fingerprint density at radius 2 is 1.00 bits per heavy atom. The van der Waals surface area contributed by atoms with Gasteiger partial charge in [0.15, 0.2) is 0 Å². The lowest BCUT2D eigenvalue weighted by Crippen LogP contribution is -2.25. The highest BCUT2D eigenvalue weighted by atomic mass is 31.0. The van der Waals surface area contributed by atoms with E-state index in [-0.39, 0.29) is 10.8 Å². The molecule has 0 aliphatic rings. The van der Waals surface area contributed by atoms with Gasteiger partial charge in [0.05, 0.1) is 0 Å². The second-order valence-corrected chi connectivity index (χ2v) is 7.86. The molecule has 18 heavy (non-hydrogen) atoms. The number of hydrogen-bond acceptors (Lipinski definition) is 0. The third-order valence-electron chi connectivity index (χ3n) is 3.32. The van der Waals surface area contributed by atoms with Crippen LogP contribution in [-0.4, -0.2) is 0 Å². The molecule has 0 aromatic heterocycles. The van der Waals surface area contributed by atoms with E-state index in [0.717, 1.165) is 12.3 Å². The van der Waals surface area contributed by atoms with Crippen molar-refractivity contribution in [1.29, 1.82) is 0 Å². The monoisotopic (exact) mass is 282 g/mol. The normalized spacial score (nSPS) is 12.9. The minimum absolute atomic E-state index is 0.199. The van der Waals surface area contributed by atoms with Crippen molar-refractivity contribution in [3.63, 3.8) is 0 Å². The van der Waals surface area contributed by atoms with E-state index in [4.69, 9.17) is 0 Å². The van der Waals surface area contributed by atoms with E-state index in [2.05, 4.69) is 72.2 Å². The van der Waals surface area contributed by atoms with Gasteiger partial charge in [0.1, 0.15) is 0 Å². The van der Waals surface area contributed by atoms with Gasteiger partial charge in [-0.15, -0.1) is 18.5 Å². The molecule has 2 unspecified atom stereocenters. The van der Waals surface area contributed by atoms with Crippen LogP contribution in [0.2, 0.25) is 0 Å². The maximum absolute atomic E-state index is 2.88. The van der Waals surface area contributed by atoms with E-state index >= 15 is 0 Å². The van der Waals surface area contributed by atoms with Gasteiger partial charge >= 0.3 is 0 Å². The number of hydrogen-bond donors (Lipinski definition) is 0. The lowest BCUT2D eigenvalue weighted by molar-refractivity contribution is 0.523. The molecule has 0 amide bonds. The zero-order valence-electron chi connectivity index (χ0n) is 12.7. The summed E-state index contributed by atoms with van der Waals surface area (Å²) in [4.78, 5) is 0. The molecule has 1 rings (SSSR count). The van der Waals surface area contributed by atoms with Crippen LogP contribution < -0.4 is 0 Å². The summed E-state index contributed by atoms with van der Waals surface area (Å²) in [6, 6.07) is 4.62. The van der Waals surface area contributed by atoms with Crippen LogP contribution in [0.3, 0.4) is 0 Å². The van der Waals surface area contributed by atoms with Crippen LogP contribution in [0.4, 0.5) is 0 Å². The highest BCUT2D eigenvalue weighted by molar-refractivity contribution is 7.15. The third kappa shape index (κ3) is 3.34. The van der Waals surface area contributed by atoms with E-state index in [0.29, 0.717) is 0 Å². The van der Waals surface area contributed by atoms with Crippen molar-refractivity contribution in [2.24, 2.45) is 0 Å². The molecule has 0 saturated carbocycles. The van der Waals surface area contributed by atoms with Crippen molar-refractivity contribution in [3.8, 4) is 0 Å². The Labute approximate surface area is 118 Å². The molecule has 0 bridgehead atoms. The Balaban J connectivity index is 3.71. The summed E-state index contributed by atoms with van der Waals surface area (Å²) >= 11 is 0. The zero-order valence-corrected chi connectivity index (χ0v) is 15.0. The smallest absolute Gasteiger partial charge is 0.0125 e. The molecule has 0 aliphatic carbocycles. The van der Waals surface area contributed by atoms with E-state index in [1.54, 1.807) is 11.1 Å². The summed E-state index contributed by atoms with van der Waals surface area (Å²) in [7, 11) is 5.75. The van der Waals surface area contributed by atoms with Crippen molar-refractivity contribution in [3.05, 3.63) is 34.4 Å². The van der Waals surface area contributed by atoms with Gasteiger partial charge in [-0.25, -0.2) is 0 Å². The molecule has 1 aromatic rings. The van der Waals surface area contributed by atoms with Gasteiger partial charge in [-0.1, -0.05) is 53.7 Å². The fourth-order valence-corrected chi connectivity index (χ4v) is 3.42. The predicted octanol–water partition coefficient (Wildman–Crippen LogP) is 5.03. The molecule has 0 nitrogen and oxygen atoms in total. The zero-order chi connectivity index (χ0) is 14.1. The van der Waals surface area contributed by atoms with Crippen LogP contribution >= 0.6 is 18.5 Å². The summed E-state index contributed by atoms with van der Waals surface area (Å²) in [5.41, 5.74) is 6.43. The topological polar surface area (TPSA) is 0 Å².